The maximum absolute atomic E-state index is 12.3. The molecule has 2 N–H and O–H groups in total. The zero-order valence-corrected chi connectivity index (χ0v) is 18.0. The van der Waals surface area contributed by atoms with Crippen LogP contribution in [-0.4, -0.2) is 31.2 Å². The number of carbonyl (C=O) groups excluding carboxylic acids is 2. The summed E-state index contributed by atoms with van der Waals surface area (Å²) in [4.78, 5) is 24.3. The van der Waals surface area contributed by atoms with Crippen molar-refractivity contribution >= 4 is 23.8 Å². The number of hydrogen-bond donors (Lipinski definition) is 2. The van der Waals surface area contributed by atoms with Gasteiger partial charge in [-0.1, -0.05) is 30.3 Å². The van der Waals surface area contributed by atoms with E-state index in [0.717, 1.165) is 11.3 Å². The van der Waals surface area contributed by atoms with Gasteiger partial charge in [0.25, 0.3) is 5.91 Å². The fraction of sp³-hybridized carbons (Fsp3) is 0.160. The van der Waals surface area contributed by atoms with E-state index >= 15 is 0 Å². The Balaban J connectivity index is 1.58. The molecular weight excluding hydrogens is 406 g/mol. The van der Waals surface area contributed by atoms with Crippen LogP contribution in [-0.2, 0) is 4.79 Å². The second kappa shape index (κ2) is 11.3. The number of benzene rings is 3. The molecule has 0 unspecified atom stereocenters. The number of esters is 1. The zero-order valence-electron chi connectivity index (χ0n) is 18.0. The Bertz CT molecular complexity index is 1100. The van der Waals surface area contributed by atoms with Crippen molar-refractivity contribution in [3.05, 3.63) is 89.5 Å². The standard InChI is InChI=1S/C25H25N3O4/c1-3-31-23-15-19(12-13-22(23)32-25(30)20-9-5-4-6-10-20)16-27-28-24(29)17-26-21-11-7-8-18(2)14-21/h4-16,26H,3,17H2,1-2H3,(H,28,29). The molecule has 0 aliphatic carbocycles. The van der Waals surface area contributed by atoms with Crippen molar-refractivity contribution in [2.24, 2.45) is 5.10 Å². The van der Waals surface area contributed by atoms with Gasteiger partial charge in [-0.2, -0.15) is 5.10 Å². The summed E-state index contributed by atoms with van der Waals surface area (Å²) < 4.78 is 11.1. The van der Waals surface area contributed by atoms with Crippen LogP contribution in [0.25, 0.3) is 0 Å². The molecule has 7 heteroatoms. The molecule has 0 heterocycles. The van der Waals surface area contributed by atoms with Gasteiger partial charge in [-0.05, 0) is 67.4 Å². The van der Waals surface area contributed by atoms with Gasteiger partial charge in [-0.25, -0.2) is 10.2 Å². The number of ether oxygens (including phenoxy) is 2. The topological polar surface area (TPSA) is 89.0 Å². The minimum absolute atomic E-state index is 0.0966. The summed E-state index contributed by atoms with van der Waals surface area (Å²) in [5.74, 6) is -0.0278. The number of anilines is 1. The molecule has 0 bridgehead atoms. The van der Waals surface area contributed by atoms with Crippen molar-refractivity contribution in [3.8, 4) is 11.5 Å². The van der Waals surface area contributed by atoms with Gasteiger partial charge in [0.05, 0.1) is 24.9 Å². The highest BCUT2D eigenvalue weighted by Crippen LogP contribution is 2.29. The minimum atomic E-state index is -0.471. The third kappa shape index (κ3) is 6.70. The van der Waals surface area contributed by atoms with Crippen molar-refractivity contribution in [2.45, 2.75) is 13.8 Å². The first-order valence-electron chi connectivity index (χ1n) is 10.2. The fourth-order valence-corrected chi connectivity index (χ4v) is 2.85. The number of amides is 1. The van der Waals surface area contributed by atoms with Crippen LogP contribution in [0.4, 0.5) is 5.69 Å². The van der Waals surface area contributed by atoms with Crippen LogP contribution in [0.2, 0.25) is 0 Å². The Labute approximate surface area is 187 Å². The highest BCUT2D eigenvalue weighted by atomic mass is 16.6. The van der Waals surface area contributed by atoms with Gasteiger partial charge in [0, 0.05) is 5.69 Å². The molecule has 0 saturated heterocycles. The van der Waals surface area contributed by atoms with E-state index in [1.54, 1.807) is 42.5 Å². The van der Waals surface area contributed by atoms with Gasteiger partial charge < -0.3 is 14.8 Å². The second-order valence-electron chi connectivity index (χ2n) is 6.91. The van der Waals surface area contributed by atoms with E-state index < -0.39 is 5.97 Å². The van der Waals surface area contributed by atoms with Crippen molar-refractivity contribution in [1.29, 1.82) is 0 Å². The molecule has 3 rings (SSSR count). The summed E-state index contributed by atoms with van der Waals surface area (Å²) in [5.41, 5.74) is 5.58. The summed E-state index contributed by atoms with van der Waals surface area (Å²) >= 11 is 0. The number of carbonyl (C=O) groups is 2. The monoisotopic (exact) mass is 431 g/mol. The molecule has 0 aliphatic heterocycles. The SMILES string of the molecule is CCOc1cc(C=NNC(=O)CNc2cccc(C)c2)ccc1OC(=O)c1ccccc1. The average Bonchev–Trinajstić information content (AvgIpc) is 2.80. The summed E-state index contributed by atoms with van der Waals surface area (Å²) in [6.45, 7) is 4.32. The van der Waals surface area contributed by atoms with Crippen LogP contribution in [0.5, 0.6) is 11.5 Å². The molecule has 0 radical (unpaired) electrons. The first kappa shape index (κ1) is 22.6. The Morgan fingerprint density at radius 1 is 0.969 bits per heavy atom. The van der Waals surface area contributed by atoms with E-state index in [1.165, 1.54) is 6.21 Å². The molecule has 164 valence electrons. The third-order valence-electron chi connectivity index (χ3n) is 4.35. The van der Waals surface area contributed by atoms with E-state index in [2.05, 4.69) is 15.8 Å². The zero-order chi connectivity index (χ0) is 22.8. The van der Waals surface area contributed by atoms with Crippen LogP contribution in [0.3, 0.4) is 0 Å². The molecule has 7 nitrogen and oxygen atoms in total. The van der Waals surface area contributed by atoms with E-state index in [0.29, 0.717) is 29.2 Å². The van der Waals surface area contributed by atoms with Crippen LogP contribution >= 0.6 is 0 Å². The molecule has 0 spiro atoms. The highest BCUT2D eigenvalue weighted by molar-refractivity contribution is 5.91. The van der Waals surface area contributed by atoms with Gasteiger partial charge in [0.1, 0.15) is 0 Å². The number of nitrogens with one attached hydrogen (secondary N) is 2. The molecule has 3 aromatic rings. The Morgan fingerprint density at radius 2 is 1.78 bits per heavy atom. The molecule has 0 aromatic heterocycles. The number of hydrogen-bond acceptors (Lipinski definition) is 6. The van der Waals surface area contributed by atoms with Crippen molar-refractivity contribution in [3.63, 3.8) is 0 Å². The molecule has 0 atom stereocenters. The largest absolute Gasteiger partial charge is 0.490 e. The summed E-state index contributed by atoms with van der Waals surface area (Å²) in [5, 5.41) is 7.03. The number of nitrogens with zero attached hydrogens (tertiary/aromatic N) is 1. The van der Waals surface area contributed by atoms with Gasteiger partial charge in [-0.3, -0.25) is 4.79 Å². The molecule has 0 saturated carbocycles. The maximum atomic E-state index is 12.3. The van der Waals surface area contributed by atoms with Crippen molar-refractivity contribution in [2.75, 3.05) is 18.5 Å². The van der Waals surface area contributed by atoms with E-state index in [-0.39, 0.29) is 12.5 Å². The Morgan fingerprint density at radius 3 is 2.53 bits per heavy atom. The fourth-order valence-electron chi connectivity index (χ4n) is 2.85. The van der Waals surface area contributed by atoms with Gasteiger partial charge in [0.15, 0.2) is 11.5 Å². The van der Waals surface area contributed by atoms with Crippen molar-refractivity contribution < 1.29 is 19.1 Å². The lowest BCUT2D eigenvalue weighted by atomic mass is 10.2. The summed E-state index contributed by atoms with van der Waals surface area (Å²) in [6.07, 6.45) is 1.50. The molecule has 0 fully saturated rings. The number of hydrazone groups is 1. The first-order chi connectivity index (χ1) is 15.5. The average molecular weight is 431 g/mol. The first-order valence-corrected chi connectivity index (χ1v) is 10.2. The number of rotatable bonds is 9. The predicted octanol–water partition coefficient (Wildman–Crippen LogP) is 4.18. The molecule has 0 aliphatic rings. The molecule has 1 amide bonds. The van der Waals surface area contributed by atoms with Gasteiger partial charge in [0.2, 0.25) is 0 Å². The second-order valence-corrected chi connectivity index (χ2v) is 6.91. The Kier molecular flexibility index (Phi) is 7.97. The summed E-state index contributed by atoms with van der Waals surface area (Å²) in [6, 6.07) is 21.5. The lowest BCUT2D eigenvalue weighted by Crippen LogP contribution is -2.25. The van der Waals surface area contributed by atoms with Gasteiger partial charge in [-0.15, -0.1) is 0 Å². The maximum Gasteiger partial charge on any atom is 0.343 e. The predicted molar refractivity (Wildman–Crippen MR) is 124 cm³/mol. The lowest BCUT2D eigenvalue weighted by molar-refractivity contribution is -0.119. The van der Waals surface area contributed by atoms with E-state index in [9.17, 15) is 9.59 Å². The summed E-state index contributed by atoms with van der Waals surface area (Å²) in [7, 11) is 0. The van der Waals surface area contributed by atoms with Crippen LogP contribution in [0, 0.1) is 6.92 Å². The highest BCUT2D eigenvalue weighted by Gasteiger charge is 2.13. The molecular formula is C25H25N3O4. The quantitative estimate of drug-likeness (QED) is 0.230. The van der Waals surface area contributed by atoms with Crippen LogP contribution in [0.1, 0.15) is 28.4 Å². The van der Waals surface area contributed by atoms with Crippen LogP contribution in [0.15, 0.2) is 77.9 Å². The van der Waals surface area contributed by atoms with E-state index in [4.69, 9.17) is 9.47 Å². The number of aryl methyl sites for hydroxylation is 1. The van der Waals surface area contributed by atoms with E-state index in [1.807, 2.05) is 44.2 Å². The van der Waals surface area contributed by atoms with Crippen LogP contribution < -0.4 is 20.2 Å². The minimum Gasteiger partial charge on any atom is -0.490 e. The molecule has 3 aromatic carbocycles. The normalized spacial score (nSPS) is 10.6. The smallest absolute Gasteiger partial charge is 0.343 e. The lowest BCUT2D eigenvalue weighted by Gasteiger charge is -2.11. The van der Waals surface area contributed by atoms with Crippen molar-refractivity contribution in [1.82, 2.24) is 5.43 Å². The third-order valence-corrected chi connectivity index (χ3v) is 4.35. The molecule has 32 heavy (non-hydrogen) atoms. The Hall–Kier alpha value is -4.13. The van der Waals surface area contributed by atoms with Gasteiger partial charge >= 0.3 is 5.97 Å².